The topological polar surface area (TPSA) is 171 Å². The summed E-state index contributed by atoms with van der Waals surface area (Å²) in [5, 5.41) is 11.5. The first-order valence-corrected chi connectivity index (χ1v) is 21.1. The molecule has 4 fully saturated rings. The summed E-state index contributed by atoms with van der Waals surface area (Å²) < 4.78 is 25.9. The van der Waals surface area contributed by atoms with Crippen molar-refractivity contribution in [2.45, 2.75) is 160 Å². The lowest BCUT2D eigenvalue weighted by Crippen LogP contribution is -2.65. The average molecular weight is 746 g/mol. The summed E-state index contributed by atoms with van der Waals surface area (Å²) in [4.78, 5) is 70.6. The largest absolute Gasteiger partial charge is 0.349 e. The smallest absolute Gasteiger partial charge is 0.315 e. The van der Waals surface area contributed by atoms with E-state index in [1.807, 2.05) is 13.8 Å². The zero-order valence-electron chi connectivity index (χ0n) is 32.5. The van der Waals surface area contributed by atoms with Crippen LogP contribution in [0.15, 0.2) is 0 Å². The summed E-state index contributed by atoms with van der Waals surface area (Å²) in [5.41, 5.74) is -1.78. The second kappa shape index (κ2) is 16.1. The first kappa shape index (κ1) is 41.6. The number of sulfone groups is 1. The minimum absolute atomic E-state index is 0.0432. The van der Waals surface area contributed by atoms with Crippen molar-refractivity contribution in [3.63, 3.8) is 0 Å². The molecule has 52 heavy (non-hydrogen) atoms. The van der Waals surface area contributed by atoms with Crippen LogP contribution in [0.25, 0.3) is 0 Å². The molecule has 1 aliphatic heterocycles. The molecule has 4 N–H and O–H groups in total. The van der Waals surface area contributed by atoms with Crippen molar-refractivity contribution >= 4 is 39.4 Å². The summed E-state index contributed by atoms with van der Waals surface area (Å²) in [5.74, 6) is -0.289. The second-order valence-corrected chi connectivity index (χ2v) is 20.5. The Kier molecular flexibility index (Phi) is 12.9. The van der Waals surface area contributed by atoms with Gasteiger partial charge < -0.3 is 26.2 Å². The van der Waals surface area contributed by atoms with E-state index >= 15 is 0 Å². The number of hydrogen-bond acceptors (Lipinski definition) is 7. The third-order valence-electron chi connectivity index (χ3n) is 12.5. The van der Waals surface area contributed by atoms with E-state index in [1.54, 1.807) is 25.7 Å². The summed E-state index contributed by atoms with van der Waals surface area (Å²) in [6.07, 6.45) is 14.1. The van der Waals surface area contributed by atoms with E-state index in [-0.39, 0.29) is 41.8 Å². The fraction of sp³-hybridized carbons (Fsp3) is 0.821. The molecule has 5 amide bonds. The number of terminal acetylenes is 1. The molecule has 1 unspecified atom stereocenters. The second-order valence-electron chi connectivity index (χ2n) is 17.8. The number of carbonyl (C=O) groups is 5. The maximum atomic E-state index is 14.9. The first-order valence-electron chi connectivity index (χ1n) is 19.4. The van der Waals surface area contributed by atoms with E-state index < -0.39 is 67.3 Å². The molecule has 0 bridgehead atoms. The van der Waals surface area contributed by atoms with Crippen molar-refractivity contribution < 1.29 is 32.4 Å². The van der Waals surface area contributed by atoms with E-state index in [9.17, 15) is 32.4 Å². The molecule has 3 saturated carbocycles. The van der Waals surface area contributed by atoms with Gasteiger partial charge in [-0.1, -0.05) is 66.2 Å². The summed E-state index contributed by atoms with van der Waals surface area (Å²) in [6, 6.07) is -3.61. The number of nitrogens with zero attached hydrogens (tertiary/aromatic N) is 1. The Balaban J connectivity index is 1.62. The Bertz CT molecular complexity index is 1520. The number of hydrogen-bond donors (Lipinski definition) is 4. The number of amides is 5. The highest BCUT2D eigenvalue weighted by molar-refractivity contribution is 7.92. The van der Waals surface area contributed by atoms with Gasteiger partial charge in [-0.15, -0.1) is 12.3 Å². The van der Waals surface area contributed by atoms with Gasteiger partial charge in [-0.3, -0.25) is 19.2 Å². The maximum absolute atomic E-state index is 14.9. The lowest BCUT2D eigenvalue weighted by molar-refractivity contribution is -0.146. The number of carbonyl (C=O) groups excluding carboxylic acids is 5. The van der Waals surface area contributed by atoms with E-state index in [0.29, 0.717) is 45.2 Å². The highest BCUT2D eigenvalue weighted by Crippen LogP contribution is 2.65. The molecule has 0 radical (unpaired) electrons. The number of piperidine rings is 1. The van der Waals surface area contributed by atoms with Crippen molar-refractivity contribution in [2.24, 2.45) is 22.7 Å². The van der Waals surface area contributed by atoms with Crippen LogP contribution in [0.5, 0.6) is 0 Å². The molecular weight excluding hydrogens is 683 g/mol. The van der Waals surface area contributed by atoms with Gasteiger partial charge in [0.05, 0.1) is 22.1 Å². The minimum atomic E-state index is -3.58. The van der Waals surface area contributed by atoms with Crippen LogP contribution in [0.4, 0.5) is 4.79 Å². The normalized spacial score (nSPS) is 25.7. The lowest BCUT2D eigenvalue weighted by atomic mass is 9.70. The minimum Gasteiger partial charge on any atom is -0.349 e. The fourth-order valence-corrected chi connectivity index (χ4v) is 10.4. The average Bonchev–Trinajstić information content (AvgIpc) is 3.37. The van der Waals surface area contributed by atoms with Gasteiger partial charge in [-0.2, -0.15) is 0 Å². The van der Waals surface area contributed by atoms with Crippen LogP contribution in [0.1, 0.15) is 132 Å². The monoisotopic (exact) mass is 745 g/mol. The molecular formula is C39H63N5O7S. The molecule has 4 rings (SSSR count). The Labute approximate surface area is 311 Å². The van der Waals surface area contributed by atoms with Crippen molar-refractivity contribution in [1.82, 2.24) is 26.2 Å². The molecule has 5 atom stereocenters. The Hall–Kier alpha value is -3.14. The van der Waals surface area contributed by atoms with Gasteiger partial charge in [-0.05, 0) is 82.0 Å². The van der Waals surface area contributed by atoms with Crippen molar-refractivity contribution in [1.29, 1.82) is 0 Å². The molecule has 12 nitrogen and oxygen atoms in total. The van der Waals surface area contributed by atoms with Crippen LogP contribution < -0.4 is 21.3 Å². The Morgan fingerprint density at radius 3 is 2.08 bits per heavy atom. The van der Waals surface area contributed by atoms with Gasteiger partial charge in [0.1, 0.15) is 12.1 Å². The van der Waals surface area contributed by atoms with Gasteiger partial charge in [0, 0.05) is 19.5 Å². The molecule has 1 saturated heterocycles. The summed E-state index contributed by atoms with van der Waals surface area (Å²) in [6.45, 7) is 13.6. The number of Topliss-reactive ketones (excluding diaryl/α,β-unsaturated/α-hetero) is 1. The van der Waals surface area contributed by atoms with Crippen LogP contribution in [0, 0.1) is 35.0 Å². The zero-order chi connectivity index (χ0) is 38.7. The third kappa shape index (κ3) is 8.96. The van der Waals surface area contributed by atoms with Crippen molar-refractivity contribution in [3.05, 3.63) is 0 Å². The van der Waals surface area contributed by atoms with Gasteiger partial charge >= 0.3 is 6.03 Å². The zero-order valence-corrected chi connectivity index (χ0v) is 33.3. The van der Waals surface area contributed by atoms with E-state index in [0.717, 1.165) is 38.5 Å². The third-order valence-corrected chi connectivity index (χ3v) is 15.3. The molecule has 292 valence electrons. The van der Waals surface area contributed by atoms with Crippen LogP contribution in [0.2, 0.25) is 0 Å². The lowest BCUT2D eigenvalue weighted by Gasteiger charge is -2.44. The van der Waals surface area contributed by atoms with Crippen molar-refractivity contribution in [3.8, 4) is 12.3 Å². The SMILES string of the molecule is C#CCCC(NC(=O)[C@@H]1[C@@H]2[C@H](CN1C(=O)[C@@H](NC(=O)NC1(CS(=O)(=O)C(C)(C)C)CCCCC1)C1(C)CCCCC1)C2(C)C)C(=O)C(=O)NCCC. The highest BCUT2D eigenvalue weighted by atomic mass is 32.2. The van der Waals surface area contributed by atoms with E-state index in [2.05, 4.69) is 41.0 Å². The van der Waals surface area contributed by atoms with Gasteiger partial charge in [0.25, 0.3) is 5.91 Å². The van der Waals surface area contributed by atoms with Crippen molar-refractivity contribution in [2.75, 3.05) is 18.8 Å². The van der Waals surface area contributed by atoms with E-state index in [1.165, 1.54) is 0 Å². The molecule has 3 aliphatic carbocycles. The number of fused-ring (bicyclic) bond motifs is 1. The molecule has 0 aromatic heterocycles. The first-order chi connectivity index (χ1) is 24.2. The van der Waals surface area contributed by atoms with Crippen LogP contribution in [-0.2, 0) is 29.0 Å². The number of rotatable bonds is 14. The van der Waals surface area contributed by atoms with Gasteiger partial charge in [0.2, 0.25) is 17.6 Å². The Morgan fingerprint density at radius 2 is 1.52 bits per heavy atom. The molecule has 0 spiro atoms. The van der Waals surface area contributed by atoms with Crippen LogP contribution in [-0.4, -0.2) is 90.1 Å². The molecule has 0 aromatic carbocycles. The summed E-state index contributed by atoms with van der Waals surface area (Å²) in [7, 11) is -3.58. The summed E-state index contributed by atoms with van der Waals surface area (Å²) >= 11 is 0. The maximum Gasteiger partial charge on any atom is 0.315 e. The molecule has 0 aromatic rings. The molecule has 1 heterocycles. The van der Waals surface area contributed by atoms with Crippen LogP contribution in [0.3, 0.4) is 0 Å². The number of urea groups is 1. The number of ketones is 1. The molecule has 4 aliphatic rings. The standard InChI is InChI=1S/C39H63N5O7S/c1-9-11-18-27(30(45)33(47)40-23-10-2)41-32(46)29-28-26(37(28,6)7)24-44(29)34(48)31(38(8)19-14-12-15-20-38)42-35(49)43-39(21-16-13-17-22-39)25-52(50,51)36(3,4)5/h1,26-29,31H,10-25H2,2-8H3,(H,40,47)(H,41,46)(H2,42,43,49)/t26-,27?,28-,29-,31+/m0/s1. The predicted octanol–water partition coefficient (Wildman–Crippen LogP) is 4.02. The predicted molar refractivity (Wildman–Crippen MR) is 201 cm³/mol. The fourth-order valence-electron chi connectivity index (χ4n) is 8.92. The van der Waals surface area contributed by atoms with Gasteiger partial charge in [0.15, 0.2) is 9.84 Å². The molecule has 13 heteroatoms. The highest BCUT2D eigenvalue weighted by Gasteiger charge is 2.70. The number of likely N-dealkylation sites (tertiary alicyclic amines) is 1. The quantitative estimate of drug-likeness (QED) is 0.154. The van der Waals surface area contributed by atoms with E-state index in [4.69, 9.17) is 6.42 Å². The Morgan fingerprint density at radius 1 is 0.923 bits per heavy atom. The van der Waals surface area contributed by atoms with Gasteiger partial charge in [-0.25, -0.2) is 13.2 Å². The number of nitrogens with one attached hydrogen (secondary N) is 4. The van der Waals surface area contributed by atoms with Crippen LogP contribution >= 0.6 is 0 Å².